The Balaban J connectivity index is 1.70. The zero-order valence-corrected chi connectivity index (χ0v) is 15.5. The van der Waals surface area contributed by atoms with E-state index >= 15 is 0 Å². The fourth-order valence-electron chi connectivity index (χ4n) is 3.09. The second kappa shape index (κ2) is 11.5. The highest BCUT2D eigenvalue weighted by molar-refractivity contribution is 5.84. The third-order valence-corrected chi connectivity index (χ3v) is 4.57. The largest absolute Gasteiger partial charge is 0.491 e. The lowest BCUT2D eigenvalue weighted by Gasteiger charge is -2.14. The summed E-state index contributed by atoms with van der Waals surface area (Å²) in [6.07, 6.45) is 6.47. The first-order valence-corrected chi connectivity index (χ1v) is 9.46. The van der Waals surface area contributed by atoms with Crippen LogP contribution in [-0.4, -0.2) is 47.4 Å². The van der Waals surface area contributed by atoms with Crippen molar-refractivity contribution in [2.24, 2.45) is 5.92 Å². The van der Waals surface area contributed by atoms with Crippen molar-refractivity contribution in [3.63, 3.8) is 0 Å². The summed E-state index contributed by atoms with van der Waals surface area (Å²) < 4.78 is 11.0. The van der Waals surface area contributed by atoms with Crippen LogP contribution < -0.4 is 4.74 Å². The van der Waals surface area contributed by atoms with Gasteiger partial charge in [0.2, 0.25) is 0 Å². The van der Waals surface area contributed by atoms with Crippen LogP contribution in [0.1, 0.15) is 38.5 Å². The number of benzene rings is 1. The van der Waals surface area contributed by atoms with Crippen molar-refractivity contribution in [2.75, 3.05) is 13.2 Å². The maximum atomic E-state index is 12.0. The van der Waals surface area contributed by atoms with Crippen molar-refractivity contribution < 1.29 is 29.3 Å². The van der Waals surface area contributed by atoms with Crippen molar-refractivity contribution in [1.29, 1.82) is 0 Å². The first kappa shape index (κ1) is 21.1. The molecular weight excluding hydrogens is 348 g/mol. The smallest absolute Gasteiger partial charge is 0.303 e. The number of unbranched alkanes of at least 4 members (excludes halogenated alkanes) is 3. The van der Waals surface area contributed by atoms with Gasteiger partial charge >= 0.3 is 5.97 Å². The van der Waals surface area contributed by atoms with E-state index in [1.165, 1.54) is 0 Å². The minimum absolute atomic E-state index is 0.0882. The van der Waals surface area contributed by atoms with E-state index in [-0.39, 0.29) is 37.4 Å². The van der Waals surface area contributed by atoms with E-state index in [1.54, 1.807) is 12.2 Å². The van der Waals surface area contributed by atoms with Gasteiger partial charge in [0.15, 0.2) is 5.78 Å². The molecule has 0 amide bonds. The highest BCUT2D eigenvalue weighted by atomic mass is 16.5. The Hall–Kier alpha value is -2.18. The van der Waals surface area contributed by atoms with Gasteiger partial charge in [-0.15, -0.1) is 0 Å². The molecule has 1 fully saturated rings. The lowest BCUT2D eigenvalue weighted by atomic mass is 9.93. The number of carbonyl (C=O) groups is 2. The summed E-state index contributed by atoms with van der Waals surface area (Å²) in [4.78, 5) is 22.5. The molecule has 1 aliphatic heterocycles. The Morgan fingerprint density at radius 3 is 2.70 bits per heavy atom. The first-order valence-electron chi connectivity index (χ1n) is 9.46. The topological polar surface area (TPSA) is 93.1 Å². The van der Waals surface area contributed by atoms with Gasteiger partial charge in [-0.25, -0.2) is 0 Å². The molecule has 1 saturated heterocycles. The van der Waals surface area contributed by atoms with Gasteiger partial charge in [0.25, 0.3) is 0 Å². The number of aliphatic hydroxyl groups is 1. The second-order valence-corrected chi connectivity index (χ2v) is 6.77. The highest BCUT2D eigenvalue weighted by Gasteiger charge is 2.33. The minimum atomic E-state index is -0.777. The van der Waals surface area contributed by atoms with Gasteiger partial charge < -0.3 is 19.7 Å². The summed E-state index contributed by atoms with van der Waals surface area (Å²) >= 11 is 0. The number of carbonyl (C=O) groups excluding carboxylic acids is 1. The number of hydrogen-bond acceptors (Lipinski definition) is 5. The van der Waals surface area contributed by atoms with Crippen LogP contribution >= 0.6 is 0 Å². The average Bonchev–Trinajstić information content (AvgIpc) is 3.01. The van der Waals surface area contributed by atoms with Gasteiger partial charge in [-0.2, -0.15) is 0 Å². The lowest BCUT2D eigenvalue weighted by Crippen LogP contribution is -2.20. The molecule has 0 saturated carbocycles. The summed E-state index contributed by atoms with van der Waals surface area (Å²) in [5.74, 6) is -0.180. The summed E-state index contributed by atoms with van der Waals surface area (Å²) in [6.45, 7) is 0.241. The molecule has 27 heavy (non-hydrogen) atoms. The number of aliphatic carboxylic acids is 1. The molecule has 1 aromatic rings. The quantitative estimate of drug-likeness (QED) is 0.430. The van der Waals surface area contributed by atoms with Gasteiger partial charge in [0.1, 0.15) is 25.1 Å². The molecule has 2 rings (SSSR count). The maximum Gasteiger partial charge on any atom is 0.303 e. The van der Waals surface area contributed by atoms with Gasteiger partial charge in [-0.3, -0.25) is 9.59 Å². The van der Waals surface area contributed by atoms with Crippen LogP contribution in [-0.2, 0) is 14.3 Å². The Kier molecular flexibility index (Phi) is 9.01. The fourth-order valence-corrected chi connectivity index (χ4v) is 3.09. The Morgan fingerprint density at radius 1 is 1.22 bits per heavy atom. The zero-order chi connectivity index (χ0) is 19.5. The predicted octanol–water partition coefficient (Wildman–Crippen LogP) is 2.99. The summed E-state index contributed by atoms with van der Waals surface area (Å²) in [5.41, 5.74) is 0. The van der Waals surface area contributed by atoms with Gasteiger partial charge in [0.05, 0.1) is 6.10 Å². The zero-order valence-electron chi connectivity index (χ0n) is 15.5. The van der Waals surface area contributed by atoms with Crippen molar-refractivity contribution in [2.45, 2.75) is 50.7 Å². The summed E-state index contributed by atoms with van der Waals surface area (Å²) in [7, 11) is 0. The van der Waals surface area contributed by atoms with Gasteiger partial charge in [-0.1, -0.05) is 49.6 Å². The molecule has 3 atom stereocenters. The number of rotatable bonds is 12. The Bertz CT molecular complexity index is 612. The molecule has 1 aromatic carbocycles. The molecule has 0 aliphatic carbocycles. The van der Waals surface area contributed by atoms with E-state index in [1.807, 2.05) is 30.3 Å². The highest BCUT2D eigenvalue weighted by Crippen LogP contribution is 2.25. The van der Waals surface area contributed by atoms with E-state index in [0.29, 0.717) is 12.2 Å². The Morgan fingerprint density at radius 2 is 1.96 bits per heavy atom. The van der Waals surface area contributed by atoms with Crippen LogP contribution in [0.5, 0.6) is 5.75 Å². The number of hydrogen-bond donors (Lipinski definition) is 2. The second-order valence-electron chi connectivity index (χ2n) is 6.77. The van der Waals surface area contributed by atoms with Crippen LogP contribution in [0.4, 0.5) is 0 Å². The van der Waals surface area contributed by atoms with Gasteiger partial charge in [-0.05, 0) is 25.0 Å². The monoisotopic (exact) mass is 376 g/mol. The van der Waals surface area contributed by atoms with E-state index < -0.39 is 12.1 Å². The molecule has 0 spiro atoms. The van der Waals surface area contributed by atoms with Crippen LogP contribution in [0.2, 0.25) is 0 Å². The molecule has 1 aliphatic rings. The van der Waals surface area contributed by atoms with E-state index in [0.717, 1.165) is 25.7 Å². The summed E-state index contributed by atoms with van der Waals surface area (Å²) in [5, 5.41) is 18.7. The Labute approximate surface area is 159 Å². The number of ether oxygens (including phenoxy) is 2. The number of ketones is 1. The van der Waals surface area contributed by atoms with Crippen LogP contribution in [0.15, 0.2) is 42.5 Å². The number of aliphatic hydroxyl groups excluding tert-OH is 1. The summed E-state index contributed by atoms with van der Waals surface area (Å²) in [6, 6.07) is 9.26. The lowest BCUT2D eigenvalue weighted by molar-refractivity contribution is -0.137. The van der Waals surface area contributed by atoms with Crippen molar-refractivity contribution in [3.05, 3.63) is 42.5 Å². The molecule has 0 aromatic heterocycles. The van der Waals surface area contributed by atoms with E-state index in [9.17, 15) is 14.7 Å². The third-order valence-electron chi connectivity index (χ3n) is 4.57. The minimum Gasteiger partial charge on any atom is -0.491 e. The number of carboxylic acid groups (broad SMARTS) is 1. The van der Waals surface area contributed by atoms with Crippen molar-refractivity contribution >= 4 is 11.8 Å². The molecule has 6 nitrogen and oxygen atoms in total. The first-order chi connectivity index (χ1) is 13.1. The number of carboxylic acids is 1. The van der Waals surface area contributed by atoms with Crippen molar-refractivity contribution in [3.8, 4) is 5.75 Å². The number of Topliss-reactive ketones (excluding diaryl/α,β-unsaturated/α-hetero) is 1. The fraction of sp³-hybridized carbons (Fsp3) is 0.524. The van der Waals surface area contributed by atoms with Gasteiger partial charge in [0, 0.05) is 12.3 Å². The third kappa shape index (κ3) is 7.93. The number of para-hydroxylation sites is 1. The van der Waals surface area contributed by atoms with E-state index in [2.05, 4.69) is 0 Å². The molecule has 2 N–H and O–H groups in total. The molecule has 148 valence electrons. The predicted molar refractivity (Wildman–Crippen MR) is 101 cm³/mol. The van der Waals surface area contributed by atoms with Crippen LogP contribution in [0, 0.1) is 5.92 Å². The molecule has 3 unspecified atom stereocenters. The molecule has 0 bridgehead atoms. The molecular formula is C21H28O6. The molecule has 1 heterocycles. The SMILES string of the molecule is O=C(O)CCCCCCC1C(=O)COC1C=CC(O)COc1ccccc1. The standard InChI is InChI=1S/C21H28O6/c22-16(14-26-17-8-4-3-5-9-17)12-13-20-18(19(23)15-27-20)10-6-1-2-7-11-21(24)25/h3-5,8-9,12-13,16,18,20,22H,1-2,6-7,10-11,14-15H2,(H,24,25). The molecule has 0 radical (unpaired) electrons. The van der Waals surface area contributed by atoms with Crippen LogP contribution in [0.25, 0.3) is 0 Å². The normalized spacial score (nSPS) is 20.9. The van der Waals surface area contributed by atoms with E-state index in [4.69, 9.17) is 14.6 Å². The maximum absolute atomic E-state index is 12.0. The van der Waals surface area contributed by atoms with Crippen molar-refractivity contribution in [1.82, 2.24) is 0 Å². The average molecular weight is 376 g/mol. The molecule has 6 heteroatoms. The van der Waals surface area contributed by atoms with Crippen LogP contribution in [0.3, 0.4) is 0 Å².